The van der Waals surface area contributed by atoms with Crippen molar-refractivity contribution >= 4 is 22.9 Å². The lowest BCUT2D eigenvalue weighted by atomic mass is 10.0. The first-order valence-electron chi connectivity index (χ1n) is 8.47. The first-order valence-corrected chi connectivity index (χ1v) is 8.47. The molecule has 24 heavy (non-hydrogen) atoms. The minimum Gasteiger partial charge on any atom is -0.396 e. The van der Waals surface area contributed by atoms with Crippen molar-refractivity contribution in [2.45, 2.75) is 37.8 Å². The largest absolute Gasteiger partial charge is 0.396 e. The fourth-order valence-corrected chi connectivity index (χ4v) is 3.48. The topological polar surface area (TPSA) is 102 Å². The number of aliphatic hydroxyl groups is 1. The summed E-state index contributed by atoms with van der Waals surface area (Å²) < 4.78 is 2.02. The van der Waals surface area contributed by atoms with Gasteiger partial charge in [-0.3, -0.25) is 0 Å². The van der Waals surface area contributed by atoms with Crippen LogP contribution in [0.3, 0.4) is 0 Å². The van der Waals surface area contributed by atoms with Crippen molar-refractivity contribution < 1.29 is 5.11 Å². The highest BCUT2D eigenvalue weighted by atomic mass is 16.3. The number of nitrogen functional groups attached to an aromatic ring is 1. The second kappa shape index (κ2) is 6.24. The SMILES string of the molecule is Nc1nc(NC2C=CCCC2)c2ncn([C@H]3C=C[C@@H](CO)C3)c2n1. The van der Waals surface area contributed by atoms with E-state index in [-0.39, 0.29) is 30.6 Å². The first-order chi connectivity index (χ1) is 11.7. The van der Waals surface area contributed by atoms with E-state index < -0.39 is 0 Å². The Morgan fingerprint density at radius 3 is 2.96 bits per heavy atom. The van der Waals surface area contributed by atoms with Gasteiger partial charge in [-0.25, -0.2) is 4.98 Å². The predicted octanol–water partition coefficient (Wildman–Crippen LogP) is 2.04. The Kier molecular flexibility index (Phi) is 3.93. The number of nitrogens with zero attached hydrogens (tertiary/aromatic N) is 4. The molecule has 3 atom stereocenters. The Morgan fingerprint density at radius 1 is 1.29 bits per heavy atom. The van der Waals surface area contributed by atoms with E-state index in [0.29, 0.717) is 5.82 Å². The van der Waals surface area contributed by atoms with Crippen LogP contribution in [0.1, 0.15) is 31.7 Å². The normalized spacial score (nSPS) is 26.3. The van der Waals surface area contributed by atoms with Gasteiger partial charge in [0.05, 0.1) is 12.4 Å². The van der Waals surface area contributed by atoms with Crippen molar-refractivity contribution in [1.29, 1.82) is 0 Å². The van der Waals surface area contributed by atoms with Crippen LogP contribution >= 0.6 is 0 Å². The summed E-state index contributed by atoms with van der Waals surface area (Å²) in [5.74, 6) is 1.12. The van der Waals surface area contributed by atoms with E-state index in [1.807, 2.05) is 10.6 Å². The summed E-state index contributed by atoms with van der Waals surface area (Å²) in [6, 6.07) is 0.399. The lowest BCUT2D eigenvalue weighted by molar-refractivity contribution is 0.244. The van der Waals surface area contributed by atoms with Crippen LogP contribution < -0.4 is 11.1 Å². The first kappa shape index (κ1) is 15.1. The van der Waals surface area contributed by atoms with E-state index in [1.165, 1.54) is 6.42 Å². The maximum atomic E-state index is 9.33. The van der Waals surface area contributed by atoms with Gasteiger partial charge in [-0.2, -0.15) is 9.97 Å². The van der Waals surface area contributed by atoms with Crippen molar-refractivity contribution in [3.63, 3.8) is 0 Å². The van der Waals surface area contributed by atoms with Gasteiger partial charge >= 0.3 is 0 Å². The van der Waals surface area contributed by atoms with Gasteiger partial charge in [0.25, 0.3) is 0 Å². The van der Waals surface area contributed by atoms with Crippen LogP contribution in [0, 0.1) is 5.92 Å². The van der Waals surface area contributed by atoms with E-state index in [2.05, 4.69) is 38.5 Å². The monoisotopic (exact) mass is 326 g/mol. The summed E-state index contributed by atoms with van der Waals surface area (Å²) in [6.07, 6.45) is 14.5. The van der Waals surface area contributed by atoms with Crippen LogP contribution in [0.5, 0.6) is 0 Å². The maximum absolute atomic E-state index is 9.33. The molecule has 1 unspecified atom stereocenters. The number of aliphatic hydroxyl groups excluding tert-OH is 1. The molecule has 2 aliphatic carbocycles. The molecule has 0 saturated carbocycles. The van der Waals surface area contributed by atoms with Crippen LogP contribution in [-0.4, -0.2) is 37.3 Å². The molecule has 0 spiro atoms. The van der Waals surface area contributed by atoms with Crippen molar-refractivity contribution in [2.24, 2.45) is 5.92 Å². The van der Waals surface area contributed by atoms with Crippen LogP contribution in [-0.2, 0) is 0 Å². The minimum absolute atomic E-state index is 0.142. The van der Waals surface area contributed by atoms with E-state index in [0.717, 1.165) is 30.4 Å². The van der Waals surface area contributed by atoms with Gasteiger partial charge in [-0.15, -0.1) is 0 Å². The molecule has 4 N–H and O–H groups in total. The Bertz CT molecular complexity index is 796. The molecule has 2 heterocycles. The number of rotatable bonds is 4. The smallest absolute Gasteiger partial charge is 0.224 e. The molecular weight excluding hydrogens is 304 g/mol. The molecule has 0 aliphatic heterocycles. The number of anilines is 2. The Balaban J connectivity index is 1.68. The van der Waals surface area contributed by atoms with Gasteiger partial charge in [0.2, 0.25) is 5.95 Å². The molecular formula is C17H22N6O. The van der Waals surface area contributed by atoms with E-state index >= 15 is 0 Å². The maximum Gasteiger partial charge on any atom is 0.224 e. The number of imidazole rings is 1. The standard InChI is InChI=1S/C17H22N6O/c18-17-21-15(20-12-4-2-1-3-5-12)14-16(22-17)23(10-19-14)13-7-6-11(8-13)9-24/h2,4,6-7,10-13,24H,1,3,5,8-9H2,(H3,18,20,21,22)/t11-,12?,13+/m1/s1. The molecule has 7 heteroatoms. The molecule has 0 bridgehead atoms. The molecule has 7 nitrogen and oxygen atoms in total. The van der Waals surface area contributed by atoms with Crippen molar-refractivity contribution in [3.8, 4) is 0 Å². The fourth-order valence-electron chi connectivity index (χ4n) is 3.48. The quantitative estimate of drug-likeness (QED) is 0.743. The highest BCUT2D eigenvalue weighted by Crippen LogP contribution is 2.31. The van der Waals surface area contributed by atoms with Gasteiger partial charge in [0.1, 0.15) is 0 Å². The highest BCUT2D eigenvalue weighted by molar-refractivity contribution is 5.84. The van der Waals surface area contributed by atoms with Gasteiger partial charge in [0.15, 0.2) is 17.0 Å². The van der Waals surface area contributed by atoms with Gasteiger partial charge < -0.3 is 20.7 Å². The van der Waals surface area contributed by atoms with Gasteiger partial charge in [-0.1, -0.05) is 24.3 Å². The third-order valence-electron chi connectivity index (χ3n) is 4.76. The lowest BCUT2D eigenvalue weighted by Crippen LogP contribution is -2.20. The summed E-state index contributed by atoms with van der Waals surface area (Å²) in [7, 11) is 0. The van der Waals surface area contributed by atoms with Crippen molar-refractivity contribution in [2.75, 3.05) is 17.7 Å². The van der Waals surface area contributed by atoms with Crippen LogP contribution in [0.15, 0.2) is 30.6 Å². The van der Waals surface area contributed by atoms with Crippen LogP contribution in [0.25, 0.3) is 11.2 Å². The van der Waals surface area contributed by atoms with Crippen molar-refractivity contribution in [3.05, 3.63) is 30.6 Å². The van der Waals surface area contributed by atoms with Crippen LogP contribution in [0.2, 0.25) is 0 Å². The number of aromatic nitrogens is 4. The fraction of sp³-hybridized carbons (Fsp3) is 0.471. The van der Waals surface area contributed by atoms with E-state index in [9.17, 15) is 5.11 Å². The number of nitrogens with two attached hydrogens (primary N) is 1. The number of nitrogens with one attached hydrogen (secondary N) is 1. The predicted molar refractivity (Wildman–Crippen MR) is 93.5 cm³/mol. The second-order valence-corrected chi connectivity index (χ2v) is 6.49. The van der Waals surface area contributed by atoms with E-state index in [4.69, 9.17) is 5.73 Å². The summed E-state index contributed by atoms with van der Waals surface area (Å²) in [5.41, 5.74) is 7.40. The summed E-state index contributed by atoms with van der Waals surface area (Å²) in [4.78, 5) is 13.3. The van der Waals surface area contributed by atoms with Crippen LogP contribution in [0.4, 0.5) is 11.8 Å². The molecule has 2 aromatic rings. The molecule has 0 radical (unpaired) electrons. The molecule has 126 valence electrons. The number of hydrogen-bond acceptors (Lipinski definition) is 6. The molecule has 0 amide bonds. The average Bonchev–Trinajstić information content (AvgIpc) is 3.22. The van der Waals surface area contributed by atoms with Gasteiger partial charge in [0, 0.05) is 18.6 Å². The Hall–Kier alpha value is -2.41. The number of hydrogen-bond donors (Lipinski definition) is 3. The Morgan fingerprint density at radius 2 is 2.21 bits per heavy atom. The summed E-state index contributed by atoms with van der Waals surface area (Å²) >= 11 is 0. The second-order valence-electron chi connectivity index (χ2n) is 6.49. The lowest BCUT2D eigenvalue weighted by Gasteiger charge is -2.19. The zero-order chi connectivity index (χ0) is 16.5. The molecule has 4 rings (SSSR count). The third kappa shape index (κ3) is 2.75. The number of allylic oxidation sites excluding steroid dienone is 2. The zero-order valence-corrected chi connectivity index (χ0v) is 13.5. The summed E-state index contributed by atoms with van der Waals surface area (Å²) in [6.45, 7) is 0.164. The minimum atomic E-state index is 0.142. The third-order valence-corrected chi connectivity index (χ3v) is 4.76. The summed E-state index contributed by atoms with van der Waals surface area (Å²) in [5, 5.41) is 12.8. The molecule has 0 saturated heterocycles. The average molecular weight is 326 g/mol. The van der Waals surface area contributed by atoms with Gasteiger partial charge in [-0.05, 0) is 25.7 Å². The molecule has 0 aromatic carbocycles. The highest BCUT2D eigenvalue weighted by Gasteiger charge is 2.23. The number of fused-ring (bicyclic) bond motifs is 1. The zero-order valence-electron chi connectivity index (χ0n) is 13.5. The Labute approximate surface area is 140 Å². The van der Waals surface area contributed by atoms with E-state index in [1.54, 1.807) is 6.33 Å². The molecule has 0 fully saturated rings. The molecule has 2 aliphatic rings. The van der Waals surface area contributed by atoms with Crippen molar-refractivity contribution in [1.82, 2.24) is 19.5 Å². The molecule has 2 aromatic heterocycles.